The van der Waals surface area contributed by atoms with E-state index in [0.717, 1.165) is 22.6 Å². The molecule has 4 rings (SSSR count). The van der Waals surface area contributed by atoms with E-state index < -0.39 is 0 Å². The van der Waals surface area contributed by atoms with E-state index in [0.29, 0.717) is 30.0 Å². The van der Waals surface area contributed by atoms with E-state index in [1.807, 2.05) is 45.2 Å². The maximum atomic E-state index is 13.0. The fourth-order valence-corrected chi connectivity index (χ4v) is 3.84. The lowest BCUT2D eigenvalue weighted by Crippen LogP contribution is -2.32. The van der Waals surface area contributed by atoms with Crippen LogP contribution in [0.2, 0.25) is 0 Å². The van der Waals surface area contributed by atoms with Crippen LogP contribution in [0.1, 0.15) is 41.8 Å². The summed E-state index contributed by atoms with van der Waals surface area (Å²) >= 11 is 0. The second-order valence-corrected chi connectivity index (χ2v) is 8.38. The molecule has 2 amide bonds. The van der Waals surface area contributed by atoms with E-state index in [1.165, 1.54) is 0 Å². The van der Waals surface area contributed by atoms with Gasteiger partial charge in [-0.05, 0) is 47.5 Å². The number of rotatable bonds is 6. The van der Waals surface area contributed by atoms with Crippen molar-refractivity contribution in [1.82, 2.24) is 9.97 Å². The quantitative estimate of drug-likeness (QED) is 0.471. The van der Waals surface area contributed by atoms with Gasteiger partial charge in [-0.3, -0.25) is 9.59 Å². The van der Waals surface area contributed by atoms with Crippen LogP contribution in [-0.4, -0.2) is 28.8 Å². The van der Waals surface area contributed by atoms with Crippen molar-refractivity contribution in [3.05, 3.63) is 71.5 Å². The molecular formula is C24H26N6O2. The molecule has 0 saturated carbocycles. The van der Waals surface area contributed by atoms with Crippen molar-refractivity contribution in [2.24, 2.45) is 0 Å². The molecule has 0 unspecified atom stereocenters. The maximum Gasteiger partial charge on any atom is 0.259 e. The van der Waals surface area contributed by atoms with Crippen molar-refractivity contribution in [2.45, 2.75) is 32.2 Å². The molecule has 1 aromatic carbocycles. The number of carbonyl (C=O) groups is 2. The van der Waals surface area contributed by atoms with Crippen molar-refractivity contribution in [1.29, 1.82) is 0 Å². The molecule has 0 aliphatic carbocycles. The highest BCUT2D eigenvalue weighted by Crippen LogP contribution is 2.38. The zero-order valence-electron chi connectivity index (χ0n) is 18.3. The molecule has 1 aliphatic rings. The number of nitrogens with one attached hydrogen (secondary N) is 4. The van der Waals surface area contributed by atoms with Gasteiger partial charge in [-0.15, -0.1) is 0 Å². The summed E-state index contributed by atoms with van der Waals surface area (Å²) in [6.07, 6.45) is 3.80. The SMILES string of the molecule is CNc1cc(CNc2ncccc2C(=O)Nc2ccc3c(c2)NC(=O)CC3(C)C)ccn1. The Bertz CT molecular complexity index is 1170. The Morgan fingerprint density at radius 1 is 1.12 bits per heavy atom. The van der Waals surface area contributed by atoms with Crippen molar-refractivity contribution in [3.63, 3.8) is 0 Å². The molecule has 0 spiro atoms. The van der Waals surface area contributed by atoms with E-state index in [-0.39, 0.29) is 17.2 Å². The largest absolute Gasteiger partial charge is 0.373 e. The summed E-state index contributed by atoms with van der Waals surface area (Å²) in [4.78, 5) is 33.6. The molecule has 0 bridgehead atoms. The summed E-state index contributed by atoms with van der Waals surface area (Å²) in [6, 6.07) is 12.9. The monoisotopic (exact) mass is 430 g/mol. The highest BCUT2D eigenvalue weighted by molar-refractivity contribution is 6.08. The van der Waals surface area contributed by atoms with Gasteiger partial charge in [-0.1, -0.05) is 19.9 Å². The second-order valence-electron chi connectivity index (χ2n) is 8.38. The highest BCUT2D eigenvalue weighted by Gasteiger charge is 2.32. The minimum Gasteiger partial charge on any atom is -0.373 e. The van der Waals surface area contributed by atoms with E-state index in [1.54, 1.807) is 30.6 Å². The van der Waals surface area contributed by atoms with Gasteiger partial charge in [-0.25, -0.2) is 9.97 Å². The predicted octanol–water partition coefficient (Wildman–Crippen LogP) is 4.00. The van der Waals surface area contributed by atoms with Gasteiger partial charge < -0.3 is 21.3 Å². The minimum absolute atomic E-state index is 0.0257. The van der Waals surface area contributed by atoms with Gasteiger partial charge in [0.1, 0.15) is 11.6 Å². The summed E-state index contributed by atoms with van der Waals surface area (Å²) in [7, 11) is 1.81. The molecular weight excluding hydrogens is 404 g/mol. The molecule has 3 heterocycles. The summed E-state index contributed by atoms with van der Waals surface area (Å²) in [5.74, 6) is 0.945. The first-order valence-corrected chi connectivity index (χ1v) is 10.4. The zero-order valence-corrected chi connectivity index (χ0v) is 18.3. The third-order valence-electron chi connectivity index (χ3n) is 5.48. The topological polar surface area (TPSA) is 108 Å². The lowest BCUT2D eigenvalue weighted by Gasteiger charge is -2.32. The molecule has 0 saturated heterocycles. The zero-order chi connectivity index (χ0) is 22.7. The number of hydrogen-bond acceptors (Lipinski definition) is 6. The number of hydrogen-bond donors (Lipinski definition) is 4. The van der Waals surface area contributed by atoms with Crippen molar-refractivity contribution < 1.29 is 9.59 Å². The summed E-state index contributed by atoms with van der Waals surface area (Å²) in [6.45, 7) is 4.58. The molecule has 3 aromatic rings. The Labute approximate surface area is 186 Å². The van der Waals surface area contributed by atoms with Crippen molar-refractivity contribution in [2.75, 3.05) is 28.3 Å². The smallest absolute Gasteiger partial charge is 0.259 e. The van der Waals surface area contributed by atoms with E-state index in [2.05, 4.69) is 31.2 Å². The van der Waals surface area contributed by atoms with Crippen LogP contribution < -0.4 is 21.3 Å². The maximum absolute atomic E-state index is 13.0. The molecule has 0 fully saturated rings. The molecule has 164 valence electrons. The van der Waals surface area contributed by atoms with Crippen molar-refractivity contribution in [3.8, 4) is 0 Å². The molecule has 4 N–H and O–H groups in total. The molecule has 1 aliphatic heterocycles. The van der Waals surface area contributed by atoms with Gasteiger partial charge in [-0.2, -0.15) is 0 Å². The normalized spacial score (nSPS) is 14.2. The van der Waals surface area contributed by atoms with E-state index in [9.17, 15) is 9.59 Å². The first-order chi connectivity index (χ1) is 15.4. The molecule has 2 aromatic heterocycles. The average molecular weight is 431 g/mol. The summed E-state index contributed by atoms with van der Waals surface area (Å²) < 4.78 is 0. The summed E-state index contributed by atoms with van der Waals surface area (Å²) in [5.41, 5.74) is 3.57. The number of fused-ring (bicyclic) bond motifs is 1. The number of nitrogens with zero attached hydrogens (tertiary/aromatic N) is 2. The molecule has 0 radical (unpaired) electrons. The van der Waals surface area contributed by atoms with Gasteiger partial charge in [0.2, 0.25) is 5.91 Å². The van der Waals surface area contributed by atoms with Gasteiger partial charge in [0.25, 0.3) is 5.91 Å². The van der Waals surface area contributed by atoms with Crippen LogP contribution in [0.5, 0.6) is 0 Å². The van der Waals surface area contributed by atoms with Crippen LogP contribution in [0.4, 0.5) is 23.0 Å². The van der Waals surface area contributed by atoms with Crippen LogP contribution in [0.15, 0.2) is 54.9 Å². The number of carbonyl (C=O) groups excluding carboxylic acids is 2. The number of anilines is 4. The molecule has 8 nitrogen and oxygen atoms in total. The Morgan fingerprint density at radius 2 is 1.97 bits per heavy atom. The number of amides is 2. The fourth-order valence-electron chi connectivity index (χ4n) is 3.84. The average Bonchev–Trinajstić information content (AvgIpc) is 2.77. The lowest BCUT2D eigenvalue weighted by atomic mass is 9.78. The number of aromatic nitrogens is 2. The highest BCUT2D eigenvalue weighted by atomic mass is 16.2. The van der Waals surface area contributed by atoms with E-state index >= 15 is 0 Å². The standard InChI is InChI=1S/C24H26N6O2/c1-24(2)13-21(31)30-19-12-16(6-7-18(19)24)29-23(32)17-5-4-9-27-22(17)28-14-15-8-10-26-20(11-15)25-3/h4-12H,13-14H2,1-3H3,(H,25,26)(H,27,28)(H,29,32)(H,30,31). The molecule has 32 heavy (non-hydrogen) atoms. The van der Waals surface area contributed by atoms with Gasteiger partial charge >= 0.3 is 0 Å². The minimum atomic E-state index is -0.285. The number of pyridine rings is 2. The first-order valence-electron chi connectivity index (χ1n) is 10.4. The Kier molecular flexibility index (Phi) is 5.77. The van der Waals surface area contributed by atoms with Gasteiger partial charge in [0.15, 0.2) is 0 Å². The summed E-state index contributed by atoms with van der Waals surface area (Å²) in [5, 5.41) is 12.1. The first kappa shape index (κ1) is 21.3. The van der Waals surface area contributed by atoms with Crippen LogP contribution in [0.25, 0.3) is 0 Å². The fraction of sp³-hybridized carbons (Fsp3) is 0.250. The van der Waals surface area contributed by atoms with Crippen LogP contribution in [0.3, 0.4) is 0 Å². The molecule has 0 atom stereocenters. The molecule has 8 heteroatoms. The third-order valence-corrected chi connectivity index (χ3v) is 5.48. The van der Waals surface area contributed by atoms with E-state index in [4.69, 9.17) is 0 Å². The lowest BCUT2D eigenvalue weighted by molar-refractivity contribution is -0.117. The predicted molar refractivity (Wildman–Crippen MR) is 126 cm³/mol. The Hall–Kier alpha value is -3.94. The Balaban J connectivity index is 1.51. The van der Waals surface area contributed by atoms with Gasteiger partial charge in [0, 0.05) is 49.2 Å². The second kappa shape index (κ2) is 8.66. The van der Waals surface area contributed by atoms with Crippen LogP contribution >= 0.6 is 0 Å². The van der Waals surface area contributed by atoms with Crippen LogP contribution in [-0.2, 0) is 16.8 Å². The van der Waals surface area contributed by atoms with Gasteiger partial charge in [0.05, 0.1) is 5.56 Å². The third kappa shape index (κ3) is 4.54. The van der Waals surface area contributed by atoms with Crippen molar-refractivity contribution >= 4 is 34.8 Å². The van der Waals surface area contributed by atoms with Crippen LogP contribution in [0, 0.1) is 0 Å². The number of benzene rings is 1. The Morgan fingerprint density at radius 3 is 2.78 bits per heavy atom.